The number of hydrazine groups is 1. The molecule has 1 heterocycles. The predicted molar refractivity (Wildman–Crippen MR) is 121 cm³/mol. The Morgan fingerprint density at radius 3 is 2.30 bits per heavy atom. The fourth-order valence-corrected chi connectivity index (χ4v) is 2.82. The minimum absolute atomic E-state index is 0. The molecule has 2 aromatic carbocycles. The number of hydrazone groups is 1. The highest BCUT2D eigenvalue weighted by atomic mass is 127. The van der Waals surface area contributed by atoms with Gasteiger partial charge in [-0.3, -0.25) is 0 Å². The summed E-state index contributed by atoms with van der Waals surface area (Å²) in [5.41, 5.74) is 1.95. The molecule has 3 rings (SSSR count). The molecule has 0 saturated carbocycles. The van der Waals surface area contributed by atoms with Gasteiger partial charge in [0.25, 0.3) is 0 Å². The molecule has 0 atom stereocenters. The quantitative estimate of drug-likeness (QED) is 0.202. The summed E-state index contributed by atoms with van der Waals surface area (Å²) in [7, 11) is 0. The number of aliphatic hydroxyl groups excluding tert-OH is 1. The molecule has 1 aliphatic heterocycles. The molecule has 0 aliphatic carbocycles. The molecule has 0 radical (unpaired) electrons. The van der Waals surface area contributed by atoms with Gasteiger partial charge in [-0.25, -0.2) is 4.99 Å². The number of nitrogens with zero attached hydrogens (tertiary/aromatic N) is 3. The Kier molecular flexibility index (Phi) is 8.69. The number of nitrogens with one attached hydrogen (secondary N) is 1. The van der Waals surface area contributed by atoms with E-state index in [0.717, 1.165) is 23.6 Å². The minimum Gasteiger partial charge on any atom is -0.394 e. The standard InChI is InChI=1S/C19H20Cl2N4O.HI/c20-17-5-1-15(2-6-17)13-24(14-16-3-7-18(21)8-4-16)25(11-12-26)19-22-9-10-23-19;/h1-8,13-14,26H,9-12H2,(H,22,23);1H. The van der Waals surface area contributed by atoms with Crippen molar-refractivity contribution in [3.05, 3.63) is 76.2 Å². The van der Waals surface area contributed by atoms with E-state index in [1.807, 2.05) is 71.0 Å². The van der Waals surface area contributed by atoms with E-state index in [-0.39, 0.29) is 30.6 Å². The van der Waals surface area contributed by atoms with Gasteiger partial charge in [0.05, 0.1) is 13.2 Å². The van der Waals surface area contributed by atoms with Crippen molar-refractivity contribution in [3.8, 4) is 0 Å². The molecule has 0 saturated heterocycles. The Balaban J connectivity index is 0.00000261. The van der Waals surface area contributed by atoms with Crippen molar-refractivity contribution >= 4 is 59.4 Å². The summed E-state index contributed by atoms with van der Waals surface area (Å²) in [5.74, 6) is 0.731. The summed E-state index contributed by atoms with van der Waals surface area (Å²) in [5, 5.41) is 16.1. The summed E-state index contributed by atoms with van der Waals surface area (Å²) in [4.78, 5) is 4.48. The largest absolute Gasteiger partial charge is 0.394 e. The van der Waals surface area contributed by atoms with Crippen LogP contribution in [0, 0.1) is 6.54 Å². The van der Waals surface area contributed by atoms with Crippen molar-refractivity contribution < 1.29 is 9.79 Å². The molecule has 8 heteroatoms. The van der Waals surface area contributed by atoms with E-state index < -0.39 is 0 Å². The first-order valence-corrected chi connectivity index (χ1v) is 9.07. The maximum atomic E-state index is 9.54. The number of hydrogen-bond donors (Lipinski definition) is 2. The molecule has 0 bridgehead atoms. The van der Waals surface area contributed by atoms with E-state index in [1.54, 1.807) is 0 Å². The number of benzene rings is 2. The van der Waals surface area contributed by atoms with Crippen LogP contribution in [-0.2, 0) is 0 Å². The molecule has 2 aromatic rings. The van der Waals surface area contributed by atoms with Crippen LogP contribution < -0.4 is 5.32 Å². The summed E-state index contributed by atoms with van der Waals surface area (Å²) in [6.45, 7) is 3.86. The maximum absolute atomic E-state index is 9.54. The highest BCUT2D eigenvalue weighted by molar-refractivity contribution is 14.0. The van der Waals surface area contributed by atoms with E-state index in [9.17, 15) is 5.11 Å². The molecular formula is C19H21Cl2IN4O. The van der Waals surface area contributed by atoms with Gasteiger partial charge in [0.2, 0.25) is 5.96 Å². The van der Waals surface area contributed by atoms with Crippen LogP contribution in [0.4, 0.5) is 0 Å². The van der Waals surface area contributed by atoms with Crippen LogP contribution in [0.5, 0.6) is 0 Å². The van der Waals surface area contributed by atoms with E-state index >= 15 is 0 Å². The molecule has 0 amide bonds. The van der Waals surface area contributed by atoms with Crippen molar-refractivity contribution in [2.45, 2.75) is 0 Å². The topological polar surface area (TPSA) is 50.9 Å². The first kappa shape index (κ1) is 21.8. The number of rotatable bonds is 6. The van der Waals surface area contributed by atoms with Crippen molar-refractivity contribution in [3.63, 3.8) is 0 Å². The van der Waals surface area contributed by atoms with Crippen LogP contribution >= 0.6 is 47.2 Å². The zero-order valence-electron chi connectivity index (χ0n) is 14.6. The molecule has 5 nitrogen and oxygen atoms in total. The van der Waals surface area contributed by atoms with E-state index in [4.69, 9.17) is 23.2 Å². The second-order valence-corrected chi connectivity index (χ2v) is 6.59. The van der Waals surface area contributed by atoms with Gasteiger partial charge in [-0.15, -0.1) is 41.1 Å². The lowest BCUT2D eigenvalue weighted by Crippen LogP contribution is -2.46. The van der Waals surface area contributed by atoms with Gasteiger partial charge in [0.15, 0.2) is 0 Å². The van der Waals surface area contributed by atoms with Crippen molar-refractivity contribution in [2.24, 2.45) is 4.99 Å². The van der Waals surface area contributed by atoms with E-state index in [0.29, 0.717) is 23.1 Å². The highest BCUT2D eigenvalue weighted by Gasteiger charge is 2.22. The van der Waals surface area contributed by atoms with E-state index in [1.165, 1.54) is 0 Å². The molecule has 27 heavy (non-hydrogen) atoms. The number of guanidine groups is 1. The average Bonchev–Trinajstić information content (AvgIpc) is 3.17. The summed E-state index contributed by atoms with van der Waals surface area (Å²) < 4.78 is 1.92. The smallest absolute Gasteiger partial charge is 0.250 e. The lowest BCUT2D eigenvalue weighted by atomic mass is 10.2. The van der Waals surface area contributed by atoms with Gasteiger partial charge in [-0.1, -0.05) is 53.0 Å². The van der Waals surface area contributed by atoms with Gasteiger partial charge >= 0.3 is 0 Å². The monoisotopic (exact) mass is 518 g/mol. The second kappa shape index (κ2) is 10.8. The van der Waals surface area contributed by atoms with Crippen LogP contribution in [-0.4, -0.2) is 53.2 Å². The molecule has 0 fully saturated rings. The fraction of sp³-hybridized carbons (Fsp3) is 0.211. The van der Waals surface area contributed by atoms with Crippen LogP contribution in [0.3, 0.4) is 0 Å². The Hall–Kier alpha value is -1.48. The third kappa shape index (κ3) is 6.27. The summed E-state index contributed by atoms with van der Waals surface area (Å²) in [6, 6.07) is 15.1. The zero-order valence-corrected chi connectivity index (χ0v) is 18.4. The molecule has 0 unspecified atom stereocenters. The third-order valence-electron chi connectivity index (χ3n) is 3.79. The molecule has 2 N–H and O–H groups in total. The van der Waals surface area contributed by atoms with Crippen LogP contribution in [0.1, 0.15) is 11.1 Å². The van der Waals surface area contributed by atoms with E-state index in [2.05, 4.69) is 10.3 Å². The molecule has 1 aliphatic rings. The van der Waals surface area contributed by atoms with Crippen molar-refractivity contribution in [1.29, 1.82) is 0 Å². The SMILES string of the molecule is I.OCCN(C1=NCCN1)/[N+](=C/c1ccc(Cl)cc1)[CH-]c1ccc(Cl)cc1. The Morgan fingerprint density at radius 2 is 1.74 bits per heavy atom. The van der Waals surface area contributed by atoms with Gasteiger partial charge in [0.1, 0.15) is 19.3 Å². The average molecular weight is 519 g/mol. The van der Waals surface area contributed by atoms with Gasteiger partial charge in [-0.05, 0) is 17.7 Å². The Morgan fingerprint density at radius 1 is 1.11 bits per heavy atom. The van der Waals surface area contributed by atoms with Crippen LogP contribution in [0.2, 0.25) is 10.0 Å². The van der Waals surface area contributed by atoms with Crippen LogP contribution in [0.15, 0.2) is 53.5 Å². The first-order chi connectivity index (χ1) is 12.7. The summed E-state index contributed by atoms with van der Waals surface area (Å²) >= 11 is 12.0. The lowest BCUT2D eigenvalue weighted by molar-refractivity contribution is -0.626. The first-order valence-electron chi connectivity index (χ1n) is 8.31. The molecule has 0 aromatic heterocycles. The summed E-state index contributed by atoms with van der Waals surface area (Å²) in [6.07, 6.45) is 1.96. The predicted octanol–water partition coefficient (Wildman–Crippen LogP) is 3.42. The Bertz CT molecular complexity index is 794. The van der Waals surface area contributed by atoms with Gasteiger partial charge in [0, 0.05) is 16.6 Å². The van der Waals surface area contributed by atoms with Gasteiger partial charge in [-0.2, -0.15) is 4.68 Å². The lowest BCUT2D eigenvalue weighted by Gasteiger charge is -2.23. The third-order valence-corrected chi connectivity index (χ3v) is 4.30. The maximum Gasteiger partial charge on any atom is 0.250 e. The van der Waals surface area contributed by atoms with Crippen molar-refractivity contribution in [2.75, 3.05) is 26.2 Å². The number of hydrogen-bond acceptors (Lipinski definition) is 4. The zero-order chi connectivity index (χ0) is 18.4. The van der Waals surface area contributed by atoms with Gasteiger partial charge < -0.3 is 10.4 Å². The molecule has 144 valence electrons. The Labute approximate surface area is 186 Å². The normalized spacial score (nSPS) is 13.4. The van der Waals surface area contributed by atoms with Crippen molar-refractivity contribution in [1.82, 2.24) is 10.3 Å². The molecular weight excluding hydrogens is 498 g/mol. The fourth-order valence-electron chi connectivity index (χ4n) is 2.56. The number of halogens is 3. The second-order valence-electron chi connectivity index (χ2n) is 5.72. The highest BCUT2D eigenvalue weighted by Crippen LogP contribution is 2.14. The molecule has 0 spiro atoms. The minimum atomic E-state index is 0. The van der Waals surface area contributed by atoms with Crippen LogP contribution in [0.25, 0.3) is 0 Å². The number of aliphatic imine (C=N–C) groups is 1. The number of aliphatic hydroxyl groups is 1.